The zero-order chi connectivity index (χ0) is 17.6. The Morgan fingerprint density at radius 3 is 2.76 bits per heavy atom. The van der Waals surface area contributed by atoms with Crippen LogP contribution >= 0.6 is 0 Å². The minimum atomic E-state index is -0.433. The van der Waals surface area contributed by atoms with Crippen molar-refractivity contribution in [2.75, 3.05) is 5.32 Å². The summed E-state index contributed by atoms with van der Waals surface area (Å²) in [5.41, 5.74) is 2.37. The van der Waals surface area contributed by atoms with Crippen LogP contribution in [0.15, 0.2) is 30.5 Å². The Balaban J connectivity index is 0.00000196. The molecule has 2 bridgehead atoms. The molecular formula is C19H23FN4O. The highest BCUT2D eigenvalue weighted by Gasteiger charge is 2.46. The van der Waals surface area contributed by atoms with Gasteiger partial charge >= 0.3 is 6.03 Å². The highest BCUT2D eigenvalue weighted by atomic mass is 19.1. The molecule has 1 N–H and O–H groups in total. The lowest BCUT2D eigenvalue weighted by Gasteiger charge is -2.54. The van der Waals surface area contributed by atoms with Gasteiger partial charge in [0, 0.05) is 25.3 Å². The SMILES string of the molecule is Cc1cc(F)c(NC(=O)N2C3CC(C)CC2C3)cc1-c1cccnn1.[HH]. The lowest BCUT2D eigenvalue weighted by molar-refractivity contribution is -0.00603. The van der Waals surface area contributed by atoms with Crippen molar-refractivity contribution >= 4 is 11.7 Å². The maximum absolute atomic E-state index is 14.4. The van der Waals surface area contributed by atoms with E-state index in [9.17, 15) is 9.18 Å². The van der Waals surface area contributed by atoms with Gasteiger partial charge in [0.15, 0.2) is 0 Å². The fraction of sp³-hybridized carbons (Fsp3) is 0.421. The lowest BCUT2D eigenvalue weighted by atomic mass is 9.74. The summed E-state index contributed by atoms with van der Waals surface area (Å²) < 4.78 is 14.4. The summed E-state index contributed by atoms with van der Waals surface area (Å²) >= 11 is 0. The van der Waals surface area contributed by atoms with Crippen LogP contribution in [0.25, 0.3) is 11.3 Å². The molecule has 6 heteroatoms. The molecule has 3 heterocycles. The second-order valence-corrected chi connectivity index (χ2v) is 7.21. The molecule has 0 spiro atoms. The number of rotatable bonds is 2. The number of carbonyl (C=O) groups is 1. The number of urea groups is 1. The number of piperidine rings is 1. The first kappa shape index (κ1) is 16.0. The number of aryl methyl sites for hydroxylation is 1. The van der Waals surface area contributed by atoms with E-state index in [-0.39, 0.29) is 13.1 Å². The molecular weight excluding hydrogens is 319 g/mol. The molecule has 1 aromatic heterocycles. The summed E-state index contributed by atoms with van der Waals surface area (Å²) in [5.74, 6) is 0.227. The van der Waals surface area contributed by atoms with Gasteiger partial charge in [-0.3, -0.25) is 0 Å². The number of halogens is 1. The summed E-state index contributed by atoms with van der Waals surface area (Å²) in [7, 11) is 0. The topological polar surface area (TPSA) is 58.1 Å². The van der Waals surface area contributed by atoms with E-state index in [0.29, 0.717) is 23.7 Å². The van der Waals surface area contributed by atoms with Gasteiger partial charge in [0.1, 0.15) is 5.82 Å². The first-order chi connectivity index (χ1) is 12.0. The highest BCUT2D eigenvalue weighted by Crippen LogP contribution is 2.41. The summed E-state index contributed by atoms with van der Waals surface area (Å²) in [4.78, 5) is 14.5. The number of hydrogen-bond acceptors (Lipinski definition) is 3. The van der Waals surface area contributed by atoms with Crippen LogP contribution in [-0.4, -0.2) is 33.2 Å². The van der Waals surface area contributed by atoms with Crippen molar-refractivity contribution in [3.63, 3.8) is 0 Å². The Morgan fingerprint density at radius 1 is 1.32 bits per heavy atom. The number of hydrogen-bond donors (Lipinski definition) is 1. The molecule has 2 atom stereocenters. The van der Waals surface area contributed by atoms with Crippen molar-refractivity contribution in [2.24, 2.45) is 5.92 Å². The van der Waals surface area contributed by atoms with Crippen molar-refractivity contribution in [3.8, 4) is 11.3 Å². The van der Waals surface area contributed by atoms with E-state index in [2.05, 4.69) is 22.4 Å². The predicted octanol–water partition coefficient (Wildman–Crippen LogP) is 4.24. The third kappa shape index (κ3) is 2.86. The fourth-order valence-electron chi connectivity index (χ4n) is 4.15. The van der Waals surface area contributed by atoms with Crippen LogP contribution in [0.3, 0.4) is 0 Å². The van der Waals surface area contributed by atoms with Crippen LogP contribution in [0.4, 0.5) is 14.9 Å². The number of amides is 2. The third-order valence-corrected chi connectivity index (χ3v) is 5.32. The van der Waals surface area contributed by atoms with Gasteiger partial charge in [0.05, 0.1) is 11.4 Å². The normalized spacial score (nSPS) is 24.6. The molecule has 25 heavy (non-hydrogen) atoms. The first-order valence-electron chi connectivity index (χ1n) is 8.70. The molecule has 2 fully saturated rings. The van der Waals surface area contributed by atoms with E-state index >= 15 is 0 Å². The van der Waals surface area contributed by atoms with Crippen LogP contribution in [-0.2, 0) is 0 Å². The molecule has 0 radical (unpaired) electrons. The minimum absolute atomic E-state index is 0. The van der Waals surface area contributed by atoms with Gasteiger partial charge in [-0.25, -0.2) is 9.18 Å². The molecule has 2 unspecified atom stereocenters. The Hall–Kier alpha value is -2.50. The molecule has 1 aromatic carbocycles. The molecule has 2 amide bonds. The summed E-state index contributed by atoms with van der Waals surface area (Å²) in [6, 6.07) is 7.05. The Kier molecular flexibility index (Phi) is 3.90. The molecule has 4 rings (SSSR count). The van der Waals surface area contributed by atoms with Gasteiger partial charge < -0.3 is 10.2 Å². The second kappa shape index (κ2) is 6.10. The molecule has 2 aliphatic rings. The minimum Gasteiger partial charge on any atom is -0.318 e. The summed E-state index contributed by atoms with van der Waals surface area (Å²) in [5, 5.41) is 10.7. The molecule has 2 aliphatic heterocycles. The average molecular weight is 342 g/mol. The Bertz CT molecular complexity index is 805. The van der Waals surface area contributed by atoms with Crippen LogP contribution in [0.2, 0.25) is 0 Å². The van der Waals surface area contributed by atoms with E-state index in [1.165, 1.54) is 6.07 Å². The maximum atomic E-state index is 14.4. The summed E-state index contributed by atoms with van der Waals surface area (Å²) in [6.45, 7) is 4.04. The van der Waals surface area contributed by atoms with Crippen LogP contribution < -0.4 is 5.32 Å². The van der Waals surface area contributed by atoms with Crippen LogP contribution in [0, 0.1) is 18.7 Å². The average Bonchev–Trinajstić information content (AvgIpc) is 2.57. The van der Waals surface area contributed by atoms with Crippen LogP contribution in [0.5, 0.6) is 0 Å². The standard InChI is InChI=1S/C19H21FN4O.H2/c1-11-6-13-9-14(7-11)24(13)19(25)22-18-10-15(12(2)8-16(18)20)17-4-3-5-21-23-17;/h3-5,8,10-11,13-14H,6-7,9H2,1-2H3,(H,22,25);1H. The lowest BCUT2D eigenvalue weighted by Crippen LogP contribution is -2.63. The number of nitrogens with zero attached hydrogens (tertiary/aromatic N) is 3. The Labute approximate surface area is 147 Å². The largest absolute Gasteiger partial charge is 0.322 e. The quantitative estimate of drug-likeness (QED) is 0.888. The smallest absolute Gasteiger partial charge is 0.318 e. The monoisotopic (exact) mass is 342 g/mol. The van der Waals surface area contributed by atoms with E-state index in [0.717, 1.165) is 30.4 Å². The van der Waals surface area contributed by atoms with Crippen LogP contribution in [0.1, 0.15) is 33.2 Å². The maximum Gasteiger partial charge on any atom is 0.322 e. The van der Waals surface area contributed by atoms with Crippen molar-refractivity contribution in [1.82, 2.24) is 15.1 Å². The second-order valence-electron chi connectivity index (χ2n) is 7.21. The van der Waals surface area contributed by atoms with E-state index < -0.39 is 5.82 Å². The third-order valence-electron chi connectivity index (χ3n) is 5.32. The zero-order valence-corrected chi connectivity index (χ0v) is 14.4. The van der Waals surface area contributed by atoms with Gasteiger partial charge in [-0.2, -0.15) is 10.2 Å². The summed E-state index contributed by atoms with van der Waals surface area (Å²) in [6.07, 6.45) is 4.73. The predicted molar refractivity (Wildman–Crippen MR) is 95.7 cm³/mol. The van der Waals surface area contributed by atoms with Gasteiger partial charge in [0.2, 0.25) is 0 Å². The van der Waals surface area contributed by atoms with E-state index in [1.807, 2.05) is 17.9 Å². The van der Waals surface area contributed by atoms with Gasteiger partial charge in [0.25, 0.3) is 0 Å². The Morgan fingerprint density at radius 2 is 2.08 bits per heavy atom. The molecule has 2 aromatic rings. The molecule has 2 saturated heterocycles. The fourth-order valence-corrected chi connectivity index (χ4v) is 4.15. The number of nitrogens with one attached hydrogen (secondary N) is 1. The van der Waals surface area contributed by atoms with Crippen molar-refractivity contribution < 1.29 is 10.6 Å². The number of fused-ring (bicyclic) bond motifs is 2. The van der Waals surface area contributed by atoms with Crippen molar-refractivity contribution in [3.05, 3.63) is 41.8 Å². The number of carbonyl (C=O) groups excluding carboxylic acids is 1. The molecule has 0 saturated carbocycles. The first-order valence-corrected chi connectivity index (χ1v) is 8.70. The van der Waals surface area contributed by atoms with Gasteiger partial charge in [-0.05, 0) is 61.9 Å². The van der Waals surface area contributed by atoms with Gasteiger partial charge in [-0.15, -0.1) is 0 Å². The molecule has 5 nitrogen and oxygen atoms in total. The molecule has 0 aliphatic carbocycles. The highest BCUT2D eigenvalue weighted by molar-refractivity contribution is 5.91. The number of aromatic nitrogens is 2. The van der Waals surface area contributed by atoms with Crippen molar-refractivity contribution in [1.29, 1.82) is 0 Å². The number of benzene rings is 1. The van der Waals surface area contributed by atoms with E-state index in [1.54, 1.807) is 18.3 Å². The van der Waals surface area contributed by atoms with E-state index in [4.69, 9.17) is 0 Å². The molecule has 132 valence electrons. The number of anilines is 1. The van der Waals surface area contributed by atoms with Gasteiger partial charge in [-0.1, -0.05) is 6.92 Å². The van der Waals surface area contributed by atoms with Crippen molar-refractivity contribution in [2.45, 2.75) is 45.2 Å². The zero-order valence-electron chi connectivity index (χ0n) is 14.4.